The molecule has 1 saturated heterocycles. The second-order valence-corrected chi connectivity index (χ2v) is 9.88. The van der Waals surface area contributed by atoms with Crippen LogP contribution in [0.1, 0.15) is 36.0 Å². The third kappa shape index (κ3) is 4.48. The van der Waals surface area contributed by atoms with E-state index >= 15 is 0 Å². The highest BCUT2D eigenvalue weighted by Crippen LogP contribution is 2.37. The van der Waals surface area contributed by atoms with E-state index in [0.717, 1.165) is 54.4 Å². The van der Waals surface area contributed by atoms with E-state index in [4.69, 9.17) is 10.7 Å². The second-order valence-electron chi connectivity index (χ2n) is 9.88. The number of rotatable bonds is 5. The lowest BCUT2D eigenvalue weighted by Gasteiger charge is -2.30. The van der Waals surface area contributed by atoms with E-state index in [0.29, 0.717) is 12.1 Å². The molecule has 3 heterocycles. The number of nitrogens with zero attached hydrogens (tertiary/aromatic N) is 4. The minimum Gasteiger partial charge on any atom is -0.338 e. The number of amides is 1. The molecule has 0 unspecified atom stereocenters. The third-order valence-electron chi connectivity index (χ3n) is 7.29. The maximum Gasteiger partial charge on any atom is 0.253 e. The molecule has 1 aliphatic carbocycles. The van der Waals surface area contributed by atoms with Crippen molar-refractivity contribution in [2.24, 2.45) is 18.7 Å². The number of fused-ring (bicyclic) bond motifs is 1. The van der Waals surface area contributed by atoms with Crippen molar-refractivity contribution in [1.29, 1.82) is 0 Å². The largest absolute Gasteiger partial charge is 0.338 e. The first-order chi connectivity index (χ1) is 16.6. The molecule has 6 nitrogen and oxygen atoms in total. The molecule has 182 valence electrons. The summed E-state index contributed by atoms with van der Waals surface area (Å²) < 4.78 is 4.57. The van der Waals surface area contributed by atoms with Gasteiger partial charge in [0.05, 0.1) is 16.7 Å². The number of nitrogens with two attached hydrogens (primary N) is 1. The average molecular weight is 490 g/mol. The summed E-state index contributed by atoms with van der Waals surface area (Å²) in [6.45, 7) is 2.41. The standard InChI is InChI=1S/C28H31N5O.ClH/c1-31-25-12-11-21(28(34)32-15-5-8-22(29)18-32)16-23(25)30-27(31)26-14-13-24(20-6-3-2-4-7-20)33(26)17-19-9-10-19;/h2-4,6-7,11-14,16,19,22H,5,8-10,15,17-18,29H2,1H3;1H/t22-;/m1./s1. The predicted octanol–water partition coefficient (Wildman–Crippen LogP) is 5.10. The molecular formula is C28H32ClN5O. The number of aromatic nitrogens is 3. The fourth-order valence-corrected chi connectivity index (χ4v) is 5.22. The monoisotopic (exact) mass is 489 g/mol. The lowest BCUT2D eigenvalue weighted by atomic mass is 10.1. The van der Waals surface area contributed by atoms with Crippen molar-refractivity contribution in [3.8, 4) is 22.8 Å². The molecule has 2 aromatic carbocycles. The van der Waals surface area contributed by atoms with E-state index in [2.05, 4.69) is 58.6 Å². The lowest BCUT2D eigenvalue weighted by Crippen LogP contribution is -2.45. The SMILES string of the molecule is Cl.Cn1c(-c2ccc(-c3ccccc3)n2CC2CC2)nc2cc(C(=O)N3CCC[C@@H](N)C3)ccc21. The van der Waals surface area contributed by atoms with Crippen molar-refractivity contribution in [2.45, 2.75) is 38.3 Å². The van der Waals surface area contributed by atoms with Crippen LogP contribution in [0.5, 0.6) is 0 Å². The lowest BCUT2D eigenvalue weighted by molar-refractivity contribution is 0.0709. The summed E-state index contributed by atoms with van der Waals surface area (Å²) in [6.07, 6.45) is 4.53. The van der Waals surface area contributed by atoms with Gasteiger partial charge in [-0.1, -0.05) is 30.3 Å². The van der Waals surface area contributed by atoms with Crippen LogP contribution in [0.25, 0.3) is 33.8 Å². The molecule has 4 aromatic rings. The van der Waals surface area contributed by atoms with Gasteiger partial charge in [0, 0.05) is 44.0 Å². The molecule has 2 fully saturated rings. The molecule has 1 aliphatic heterocycles. The summed E-state index contributed by atoms with van der Waals surface area (Å²) in [6, 6.07) is 20.9. The molecule has 35 heavy (non-hydrogen) atoms. The topological polar surface area (TPSA) is 69.1 Å². The number of imidazole rings is 1. The molecule has 1 amide bonds. The highest BCUT2D eigenvalue weighted by atomic mass is 35.5. The Morgan fingerprint density at radius 3 is 2.54 bits per heavy atom. The third-order valence-corrected chi connectivity index (χ3v) is 7.29. The Bertz CT molecular complexity index is 1350. The molecule has 1 saturated carbocycles. The zero-order valence-electron chi connectivity index (χ0n) is 20.1. The molecule has 0 radical (unpaired) electrons. The summed E-state index contributed by atoms with van der Waals surface area (Å²) in [5, 5.41) is 0. The van der Waals surface area contributed by atoms with Crippen LogP contribution < -0.4 is 5.73 Å². The highest BCUT2D eigenvalue weighted by molar-refractivity contribution is 5.98. The summed E-state index contributed by atoms with van der Waals surface area (Å²) in [5.74, 6) is 1.72. The van der Waals surface area contributed by atoms with E-state index in [9.17, 15) is 4.79 Å². The first-order valence-electron chi connectivity index (χ1n) is 12.3. The van der Waals surface area contributed by atoms with Gasteiger partial charge in [-0.15, -0.1) is 12.4 Å². The first kappa shape index (κ1) is 23.6. The van der Waals surface area contributed by atoms with Crippen LogP contribution in [0.15, 0.2) is 60.7 Å². The van der Waals surface area contributed by atoms with Crippen LogP contribution in [0, 0.1) is 5.92 Å². The Morgan fingerprint density at radius 2 is 1.80 bits per heavy atom. The van der Waals surface area contributed by atoms with Crippen molar-refractivity contribution >= 4 is 29.3 Å². The molecule has 6 rings (SSSR count). The van der Waals surface area contributed by atoms with Gasteiger partial charge >= 0.3 is 0 Å². The Labute approximate surface area is 212 Å². The minimum absolute atomic E-state index is 0. The van der Waals surface area contributed by atoms with Crippen molar-refractivity contribution in [3.63, 3.8) is 0 Å². The molecule has 2 aliphatic rings. The molecule has 7 heteroatoms. The molecule has 2 N–H and O–H groups in total. The van der Waals surface area contributed by atoms with Crippen LogP contribution in [-0.2, 0) is 13.6 Å². The molecule has 0 bridgehead atoms. The van der Waals surface area contributed by atoms with Crippen LogP contribution in [-0.4, -0.2) is 44.1 Å². The van der Waals surface area contributed by atoms with Gasteiger partial charge in [-0.25, -0.2) is 4.98 Å². The Morgan fingerprint density at radius 1 is 1.03 bits per heavy atom. The summed E-state index contributed by atoms with van der Waals surface area (Å²) >= 11 is 0. The average Bonchev–Trinajstić information content (AvgIpc) is 3.50. The van der Waals surface area contributed by atoms with Crippen LogP contribution in [0.2, 0.25) is 0 Å². The van der Waals surface area contributed by atoms with Gasteiger partial charge in [-0.2, -0.15) is 0 Å². The predicted molar refractivity (Wildman–Crippen MR) is 143 cm³/mol. The number of carbonyl (C=O) groups is 1. The van der Waals surface area contributed by atoms with Gasteiger partial charge in [-0.05, 0) is 67.5 Å². The number of piperidine rings is 1. The normalized spacial score (nSPS) is 18.0. The zero-order chi connectivity index (χ0) is 23.2. The van der Waals surface area contributed by atoms with Gasteiger partial charge in [0.25, 0.3) is 5.91 Å². The van der Waals surface area contributed by atoms with Gasteiger partial charge in [0.2, 0.25) is 0 Å². The minimum atomic E-state index is 0. The Kier molecular flexibility index (Phi) is 6.43. The quantitative estimate of drug-likeness (QED) is 0.424. The Hall–Kier alpha value is -3.09. The highest BCUT2D eigenvalue weighted by Gasteiger charge is 2.26. The fraction of sp³-hybridized carbons (Fsp3) is 0.357. The van der Waals surface area contributed by atoms with Crippen molar-refractivity contribution in [3.05, 3.63) is 66.2 Å². The van der Waals surface area contributed by atoms with Crippen molar-refractivity contribution < 1.29 is 4.79 Å². The van der Waals surface area contributed by atoms with Crippen molar-refractivity contribution in [1.82, 2.24) is 19.0 Å². The summed E-state index contributed by atoms with van der Waals surface area (Å²) in [7, 11) is 2.06. The van der Waals surface area contributed by atoms with Gasteiger partial charge < -0.3 is 19.8 Å². The summed E-state index contributed by atoms with van der Waals surface area (Å²) in [4.78, 5) is 20.0. The van der Waals surface area contributed by atoms with Crippen LogP contribution in [0.4, 0.5) is 0 Å². The molecule has 0 spiro atoms. The maximum atomic E-state index is 13.1. The maximum absolute atomic E-state index is 13.1. The Balaban J connectivity index is 0.00000253. The zero-order valence-corrected chi connectivity index (χ0v) is 20.9. The molecular weight excluding hydrogens is 458 g/mol. The molecule has 2 aromatic heterocycles. The number of benzene rings is 2. The number of hydrogen-bond acceptors (Lipinski definition) is 3. The number of halogens is 1. The number of hydrogen-bond donors (Lipinski definition) is 1. The van der Waals surface area contributed by atoms with Gasteiger partial charge in [0.15, 0.2) is 5.82 Å². The van der Waals surface area contributed by atoms with E-state index in [-0.39, 0.29) is 24.4 Å². The number of aryl methyl sites for hydroxylation is 1. The van der Waals surface area contributed by atoms with E-state index < -0.39 is 0 Å². The smallest absolute Gasteiger partial charge is 0.253 e. The van der Waals surface area contributed by atoms with Crippen LogP contribution in [0.3, 0.4) is 0 Å². The number of likely N-dealkylation sites (tertiary alicyclic amines) is 1. The summed E-state index contributed by atoms with van der Waals surface area (Å²) in [5.41, 5.74) is 12.2. The fourth-order valence-electron chi connectivity index (χ4n) is 5.22. The van der Waals surface area contributed by atoms with Crippen molar-refractivity contribution in [2.75, 3.05) is 13.1 Å². The molecule has 1 atom stereocenters. The first-order valence-corrected chi connectivity index (χ1v) is 12.3. The van der Waals surface area contributed by atoms with E-state index in [1.807, 2.05) is 23.1 Å². The van der Waals surface area contributed by atoms with E-state index in [1.165, 1.54) is 24.1 Å². The van der Waals surface area contributed by atoms with Crippen LogP contribution >= 0.6 is 12.4 Å². The van der Waals surface area contributed by atoms with E-state index in [1.54, 1.807) is 0 Å². The van der Waals surface area contributed by atoms with Gasteiger partial charge in [0.1, 0.15) is 0 Å². The second kappa shape index (κ2) is 9.51. The number of carbonyl (C=O) groups excluding carboxylic acids is 1. The van der Waals surface area contributed by atoms with Gasteiger partial charge in [-0.3, -0.25) is 4.79 Å².